The van der Waals surface area contributed by atoms with Crippen molar-refractivity contribution in [2.75, 3.05) is 55.7 Å². The molecule has 3 aromatic rings. The Bertz CT molecular complexity index is 1210. The van der Waals surface area contributed by atoms with E-state index < -0.39 is 10.0 Å². The van der Waals surface area contributed by atoms with Crippen LogP contribution in [-0.2, 0) is 10.0 Å². The van der Waals surface area contributed by atoms with Crippen molar-refractivity contribution < 1.29 is 13.2 Å². The van der Waals surface area contributed by atoms with E-state index in [2.05, 4.69) is 20.9 Å². The maximum atomic E-state index is 12.8. The molecule has 4 rings (SSSR count). The second kappa shape index (κ2) is 9.93. The first-order valence-electron chi connectivity index (χ1n) is 11.5. The van der Waals surface area contributed by atoms with Crippen molar-refractivity contribution in [3.8, 4) is 5.75 Å². The van der Waals surface area contributed by atoms with Gasteiger partial charge in [-0.05, 0) is 37.3 Å². The second-order valence-corrected chi connectivity index (χ2v) is 9.78. The summed E-state index contributed by atoms with van der Waals surface area (Å²) in [6.07, 6.45) is 1.74. The first-order valence-corrected chi connectivity index (χ1v) is 12.9. The van der Waals surface area contributed by atoms with Gasteiger partial charge in [0, 0.05) is 39.3 Å². The Labute approximate surface area is 195 Å². The smallest absolute Gasteiger partial charge is 0.243 e. The van der Waals surface area contributed by atoms with Crippen LogP contribution in [0.4, 0.5) is 11.5 Å². The van der Waals surface area contributed by atoms with E-state index in [0.29, 0.717) is 30.7 Å². The van der Waals surface area contributed by atoms with Crippen LogP contribution in [0.3, 0.4) is 0 Å². The number of para-hydroxylation sites is 2. The van der Waals surface area contributed by atoms with Gasteiger partial charge in [0.05, 0.1) is 34.4 Å². The Kier molecular flexibility index (Phi) is 6.99. The maximum Gasteiger partial charge on any atom is 0.243 e. The highest BCUT2D eigenvalue weighted by Gasteiger charge is 2.23. The van der Waals surface area contributed by atoms with Gasteiger partial charge in [0.2, 0.25) is 10.0 Å². The van der Waals surface area contributed by atoms with Crippen molar-refractivity contribution in [1.82, 2.24) is 14.3 Å². The van der Waals surface area contributed by atoms with E-state index in [9.17, 15) is 8.42 Å². The van der Waals surface area contributed by atoms with E-state index in [4.69, 9.17) is 9.72 Å². The minimum absolute atomic E-state index is 0.252. The summed E-state index contributed by atoms with van der Waals surface area (Å²) < 4.78 is 32.9. The molecule has 0 saturated carbocycles. The van der Waals surface area contributed by atoms with Crippen molar-refractivity contribution in [2.24, 2.45) is 0 Å². The fraction of sp³-hybridized carbons (Fsp3) is 0.417. The van der Waals surface area contributed by atoms with Crippen LogP contribution in [0.25, 0.3) is 11.0 Å². The van der Waals surface area contributed by atoms with E-state index in [-0.39, 0.29) is 4.90 Å². The lowest BCUT2D eigenvalue weighted by Crippen LogP contribution is -2.47. The topological polar surface area (TPSA) is 78.9 Å². The maximum absolute atomic E-state index is 12.8. The quantitative estimate of drug-likeness (QED) is 0.500. The zero-order chi connectivity index (χ0) is 23.4. The van der Waals surface area contributed by atoms with Crippen LogP contribution in [0.15, 0.2) is 53.6 Å². The van der Waals surface area contributed by atoms with Gasteiger partial charge in [-0.25, -0.2) is 13.4 Å². The number of ether oxygens (including phenoxy) is 1. The molecule has 1 aliphatic heterocycles. The molecular formula is C24H31N5O3S. The summed E-state index contributed by atoms with van der Waals surface area (Å²) in [5, 5.41) is 0. The molecule has 0 aliphatic carbocycles. The van der Waals surface area contributed by atoms with Gasteiger partial charge in [-0.15, -0.1) is 0 Å². The van der Waals surface area contributed by atoms with Crippen LogP contribution in [0.2, 0.25) is 0 Å². The molecule has 33 heavy (non-hydrogen) atoms. The van der Waals surface area contributed by atoms with Crippen molar-refractivity contribution in [3.63, 3.8) is 0 Å². The summed E-state index contributed by atoms with van der Waals surface area (Å²) in [7, 11) is -3.52. The van der Waals surface area contributed by atoms with Gasteiger partial charge in [0.25, 0.3) is 0 Å². The first kappa shape index (κ1) is 23.3. The molecule has 0 atom stereocenters. The highest BCUT2D eigenvalue weighted by Crippen LogP contribution is 2.29. The molecule has 2 aromatic carbocycles. The zero-order valence-corrected chi connectivity index (χ0v) is 20.3. The predicted octanol–water partition coefficient (Wildman–Crippen LogP) is 3.39. The molecule has 0 unspecified atom stereocenters. The molecule has 1 saturated heterocycles. The van der Waals surface area contributed by atoms with Crippen LogP contribution in [0, 0.1) is 0 Å². The molecule has 1 aromatic heterocycles. The summed E-state index contributed by atoms with van der Waals surface area (Å²) in [6.45, 7) is 10.5. The molecule has 8 nitrogen and oxygen atoms in total. The lowest BCUT2D eigenvalue weighted by molar-refractivity contribution is 0.340. The summed E-state index contributed by atoms with van der Waals surface area (Å²) in [5.74, 6) is 1.72. The molecule has 9 heteroatoms. The predicted molar refractivity (Wildman–Crippen MR) is 132 cm³/mol. The number of fused-ring (bicyclic) bond motifs is 1. The Hall–Kier alpha value is -2.91. The largest absolute Gasteiger partial charge is 0.492 e. The average molecular weight is 470 g/mol. The molecule has 0 amide bonds. The van der Waals surface area contributed by atoms with Crippen LogP contribution >= 0.6 is 0 Å². The number of hydrogen-bond donors (Lipinski definition) is 0. The molecule has 0 bridgehead atoms. The second-order valence-electron chi connectivity index (χ2n) is 7.84. The summed E-state index contributed by atoms with van der Waals surface area (Å²) in [5.41, 5.74) is 2.39. The minimum atomic E-state index is -3.52. The fourth-order valence-electron chi connectivity index (χ4n) is 4.18. The highest BCUT2D eigenvalue weighted by atomic mass is 32.2. The van der Waals surface area contributed by atoms with E-state index in [1.54, 1.807) is 24.4 Å². The van der Waals surface area contributed by atoms with Gasteiger partial charge in [-0.1, -0.05) is 26.0 Å². The number of anilines is 2. The van der Waals surface area contributed by atoms with Crippen LogP contribution in [0.5, 0.6) is 5.75 Å². The van der Waals surface area contributed by atoms with E-state index in [0.717, 1.165) is 43.4 Å². The minimum Gasteiger partial charge on any atom is -0.492 e. The molecular weight excluding hydrogens is 438 g/mol. The van der Waals surface area contributed by atoms with Crippen LogP contribution in [-0.4, -0.2) is 68.6 Å². The first-order chi connectivity index (χ1) is 16.0. The number of aromatic nitrogens is 2. The Morgan fingerprint density at radius 1 is 0.939 bits per heavy atom. The summed E-state index contributed by atoms with van der Waals surface area (Å²) >= 11 is 0. The average Bonchev–Trinajstić information content (AvgIpc) is 2.84. The standard InChI is InChI=1S/C24H31N5O3S/c1-4-29(5-2)33(30,31)19-11-12-20-21(17-19)25-18-24(26-20)28-15-13-27(14-16-28)22-9-7-8-10-23(22)32-6-3/h7-12,17-18H,4-6,13-16H2,1-3H3. The number of piperazine rings is 1. The van der Waals surface area contributed by atoms with Gasteiger partial charge in [0.15, 0.2) is 0 Å². The third-order valence-electron chi connectivity index (χ3n) is 5.95. The molecule has 2 heterocycles. The van der Waals surface area contributed by atoms with Crippen molar-refractivity contribution in [2.45, 2.75) is 25.7 Å². The van der Waals surface area contributed by atoms with E-state index in [1.807, 2.05) is 39.0 Å². The number of rotatable bonds is 8. The fourth-order valence-corrected chi connectivity index (χ4v) is 5.66. The summed E-state index contributed by atoms with van der Waals surface area (Å²) in [4.78, 5) is 14.1. The van der Waals surface area contributed by atoms with Crippen molar-refractivity contribution in [3.05, 3.63) is 48.7 Å². The molecule has 0 spiro atoms. The normalized spacial score (nSPS) is 14.8. The third kappa shape index (κ3) is 4.74. The monoisotopic (exact) mass is 469 g/mol. The lowest BCUT2D eigenvalue weighted by Gasteiger charge is -2.37. The number of sulfonamides is 1. The summed E-state index contributed by atoms with van der Waals surface area (Å²) in [6, 6.07) is 13.1. The molecule has 176 valence electrons. The van der Waals surface area contributed by atoms with Crippen LogP contribution < -0.4 is 14.5 Å². The third-order valence-corrected chi connectivity index (χ3v) is 8.00. The van der Waals surface area contributed by atoms with Gasteiger partial charge < -0.3 is 14.5 Å². The Balaban J connectivity index is 1.50. The lowest BCUT2D eigenvalue weighted by atomic mass is 10.2. The molecule has 0 N–H and O–H groups in total. The molecule has 1 fully saturated rings. The number of hydrogen-bond acceptors (Lipinski definition) is 7. The Morgan fingerprint density at radius 2 is 1.64 bits per heavy atom. The molecule has 0 radical (unpaired) electrons. The van der Waals surface area contributed by atoms with Gasteiger partial charge in [-0.2, -0.15) is 4.31 Å². The number of nitrogens with zero attached hydrogens (tertiary/aromatic N) is 5. The van der Waals surface area contributed by atoms with E-state index in [1.165, 1.54) is 4.31 Å². The Morgan fingerprint density at radius 3 is 2.33 bits per heavy atom. The van der Waals surface area contributed by atoms with Gasteiger partial charge in [-0.3, -0.25) is 4.98 Å². The SMILES string of the molecule is CCOc1ccccc1N1CCN(c2cnc3cc(S(=O)(=O)N(CC)CC)ccc3n2)CC1. The van der Waals surface area contributed by atoms with Crippen molar-refractivity contribution >= 4 is 32.6 Å². The zero-order valence-electron chi connectivity index (χ0n) is 19.4. The van der Waals surface area contributed by atoms with Gasteiger partial charge >= 0.3 is 0 Å². The van der Waals surface area contributed by atoms with Crippen LogP contribution in [0.1, 0.15) is 20.8 Å². The highest BCUT2D eigenvalue weighted by molar-refractivity contribution is 7.89. The molecule has 1 aliphatic rings. The van der Waals surface area contributed by atoms with E-state index >= 15 is 0 Å². The van der Waals surface area contributed by atoms with Gasteiger partial charge in [0.1, 0.15) is 11.6 Å². The number of benzene rings is 2. The van der Waals surface area contributed by atoms with Crippen molar-refractivity contribution in [1.29, 1.82) is 0 Å².